The van der Waals surface area contributed by atoms with Gasteiger partial charge in [0.05, 0.1) is 24.1 Å². The summed E-state index contributed by atoms with van der Waals surface area (Å²) in [5, 5.41) is 9.54. The van der Waals surface area contributed by atoms with Crippen LogP contribution in [0.3, 0.4) is 0 Å². The summed E-state index contributed by atoms with van der Waals surface area (Å²) in [7, 11) is -3.85. The molecular formula is C11H8ClIN2O3S2. The monoisotopic (exact) mass is 442 g/mol. The summed E-state index contributed by atoms with van der Waals surface area (Å²) in [6.45, 7) is 0. The average Bonchev–Trinajstić information content (AvgIpc) is 2.77. The van der Waals surface area contributed by atoms with Crippen LogP contribution in [0.4, 0.5) is 5.69 Å². The van der Waals surface area contributed by atoms with Gasteiger partial charge in [-0.15, -0.1) is 11.3 Å². The fraction of sp³-hybridized carbons (Fsp3) is 0. The zero-order chi connectivity index (χ0) is 14.9. The number of benzene rings is 1. The topological polar surface area (TPSA) is 89.3 Å². The van der Waals surface area contributed by atoms with E-state index in [4.69, 9.17) is 16.7 Å². The normalized spacial score (nSPS) is 11.3. The first-order chi connectivity index (χ1) is 9.27. The molecule has 0 bridgehead atoms. The molecule has 0 aliphatic carbocycles. The second-order valence-corrected chi connectivity index (χ2v) is 8.55. The minimum atomic E-state index is -3.85. The number of hydrogen-bond acceptors (Lipinski definition) is 4. The van der Waals surface area contributed by atoms with E-state index >= 15 is 0 Å². The van der Waals surface area contributed by atoms with Gasteiger partial charge < -0.3 is 5.32 Å². The summed E-state index contributed by atoms with van der Waals surface area (Å²) in [5.41, 5.74) is 0.681. The first-order valence-corrected chi connectivity index (χ1v) is 9.03. The summed E-state index contributed by atoms with van der Waals surface area (Å²) in [6, 6.07) is 5.60. The molecular weight excluding hydrogens is 435 g/mol. The molecule has 1 aromatic heterocycles. The number of hydrogen-bond donors (Lipinski definition) is 2. The Kier molecular flexibility index (Phi) is 4.69. The van der Waals surface area contributed by atoms with Crippen LogP contribution in [-0.2, 0) is 10.0 Å². The molecule has 9 heteroatoms. The van der Waals surface area contributed by atoms with Crippen molar-refractivity contribution in [2.45, 2.75) is 4.90 Å². The third-order valence-corrected chi connectivity index (χ3v) is 5.37. The predicted octanol–water partition coefficient (Wildman–Crippen LogP) is 2.91. The molecule has 0 atom stereocenters. The van der Waals surface area contributed by atoms with Crippen LogP contribution in [0.15, 0.2) is 34.5 Å². The average molecular weight is 443 g/mol. The molecule has 3 N–H and O–H groups in total. The van der Waals surface area contributed by atoms with Crippen LogP contribution in [-0.4, -0.2) is 14.3 Å². The first-order valence-electron chi connectivity index (χ1n) is 5.15. The van der Waals surface area contributed by atoms with E-state index < -0.39 is 10.0 Å². The van der Waals surface area contributed by atoms with Crippen LogP contribution < -0.4 is 10.5 Å². The van der Waals surface area contributed by atoms with Gasteiger partial charge in [0.2, 0.25) is 10.0 Å². The Morgan fingerprint density at radius 1 is 1.35 bits per heavy atom. The molecule has 1 heterocycles. The zero-order valence-electron chi connectivity index (χ0n) is 9.76. The van der Waals surface area contributed by atoms with Crippen molar-refractivity contribution in [2.75, 3.05) is 5.32 Å². The SMILES string of the molecule is NS(=O)(=O)c1ccc(Cl)c(NC(=O)c2csc(I)c2)c1. The third-order valence-electron chi connectivity index (χ3n) is 2.34. The fourth-order valence-electron chi connectivity index (χ4n) is 1.40. The molecule has 5 nitrogen and oxygen atoms in total. The Balaban J connectivity index is 2.31. The first kappa shape index (κ1) is 15.7. The van der Waals surface area contributed by atoms with E-state index in [-0.39, 0.29) is 21.5 Å². The number of anilines is 1. The fourth-order valence-corrected chi connectivity index (χ4v) is 3.43. The summed E-state index contributed by atoms with van der Waals surface area (Å²) in [5.74, 6) is -0.363. The van der Waals surface area contributed by atoms with Crippen molar-refractivity contribution in [3.8, 4) is 0 Å². The van der Waals surface area contributed by atoms with Gasteiger partial charge >= 0.3 is 0 Å². The summed E-state index contributed by atoms with van der Waals surface area (Å²) in [6.07, 6.45) is 0. The quantitative estimate of drug-likeness (QED) is 0.716. The number of primary sulfonamides is 1. The van der Waals surface area contributed by atoms with E-state index in [1.165, 1.54) is 29.5 Å². The Bertz CT molecular complexity index is 774. The maximum absolute atomic E-state index is 12.0. The Morgan fingerprint density at radius 3 is 2.60 bits per heavy atom. The van der Waals surface area contributed by atoms with Crippen LogP contribution in [0.25, 0.3) is 0 Å². The van der Waals surface area contributed by atoms with Gasteiger partial charge in [-0.1, -0.05) is 11.6 Å². The summed E-state index contributed by atoms with van der Waals surface area (Å²) < 4.78 is 23.5. The van der Waals surface area contributed by atoms with Crippen molar-refractivity contribution < 1.29 is 13.2 Å². The lowest BCUT2D eigenvalue weighted by molar-refractivity contribution is 0.102. The van der Waals surface area contributed by atoms with Crippen molar-refractivity contribution in [3.63, 3.8) is 0 Å². The smallest absolute Gasteiger partial charge is 0.256 e. The van der Waals surface area contributed by atoms with Crippen molar-refractivity contribution in [1.82, 2.24) is 0 Å². The lowest BCUT2D eigenvalue weighted by Gasteiger charge is -2.08. The van der Waals surface area contributed by atoms with Gasteiger partial charge in [0.1, 0.15) is 0 Å². The number of amides is 1. The minimum absolute atomic E-state index is 0.114. The maximum Gasteiger partial charge on any atom is 0.256 e. The number of carbonyl (C=O) groups is 1. The predicted molar refractivity (Wildman–Crippen MR) is 87.8 cm³/mol. The van der Waals surface area contributed by atoms with Gasteiger partial charge in [0, 0.05) is 5.38 Å². The molecule has 0 saturated heterocycles. The molecule has 0 spiro atoms. The Hall–Kier alpha value is -0.680. The van der Waals surface area contributed by atoms with Crippen molar-refractivity contribution in [2.24, 2.45) is 5.14 Å². The van der Waals surface area contributed by atoms with Gasteiger partial charge in [-0.25, -0.2) is 13.6 Å². The number of nitrogens with one attached hydrogen (secondary N) is 1. The van der Waals surface area contributed by atoms with Crippen LogP contribution >= 0.6 is 45.5 Å². The van der Waals surface area contributed by atoms with E-state index in [1.807, 2.05) is 0 Å². The van der Waals surface area contributed by atoms with Gasteiger partial charge in [-0.05, 0) is 46.9 Å². The molecule has 0 aliphatic heterocycles. The molecule has 20 heavy (non-hydrogen) atoms. The molecule has 2 rings (SSSR count). The van der Waals surface area contributed by atoms with E-state index in [0.717, 1.165) is 2.88 Å². The molecule has 106 valence electrons. The van der Waals surface area contributed by atoms with E-state index in [1.54, 1.807) is 11.4 Å². The van der Waals surface area contributed by atoms with Crippen LogP contribution in [0.1, 0.15) is 10.4 Å². The van der Waals surface area contributed by atoms with Crippen LogP contribution in [0.5, 0.6) is 0 Å². The molecule has 0 unspecified atom stereocenters. The van der Waals surface area contributed by atoms with Gasteiger partial charge in [-0.2, -0.15) is 0 Å². The van der Waals surface area contributed by atoms with E-state index in [2.05, 4.69) is 27.9 Å². The number of halogens is 2. The van der Waals surface area contributed by atoms with Crippen molar-refractivity contribution >= 4 is 67.1 Å². The number of rotatable bonds is 3. The number of carbonyl (C=O) groups excluding carboxylic acids is 1. The lowest BCUT2D eigenvalue weighted by atomic mass is 10.3. The molecule has 2 aromatic rings. The number of thiophene rings is 1. The highest BCUT2D eigenvalue weighted by Crippen LogP contribution is 2.26. The summed E-state index contributed by atoms with van der Waals surface area (Å²) >= 11 is 9.47. The highest BCUT2D eigenvalue weighted by atomic mass is 127. The second kappa shape index (κ2) is 5.98. The van der Waals surface area contributed by atoms with E-state index in [9.17, 15) is 13.2 Å². The molecule has 1 aromatic carbocycles. The molecule has 0 radical (unpaired) electrons. The molecule has 0 aliphatic rings. The van der Waals surface area contributed by atoms with Gasteiger partial charge in [-0.3, -0.25) is 4.79 Å². The highest BCUT2D eigenvalue weighted by Gasteiger charge is 2.14. The highest BCUT2D eigenvalue weighted by molar-refractivity contribution is 14.1. The summed E-state index contributed by atoms with van der Waals surface area (Å²) in [4.78, 5) is 11.9. The zero-order valence-corrected chi connectivity index (χ0v) is 14.3. The van der Waals surface area contributed by atoms with Gasteiger partial charge in [0.25, 0.3) is 5.91 Å². The maximum atomic E-state index is 12.0. The largest absolute Gasteiger partial charge is 0.321 e. The Morgan fingerprint density at radius 2 is 2.05 bits per heavy atom. The standard InChI is InChI=1S/C11H8ClIN2O3S2/c12-8-2-1-7(20(14,17)18)4-9(8)15-11(16)6-3-10(13)19-5-6/h1-5H,(H,15,16)(H2,14,17,18). The molecule has 0 saturated carbocycles. The lowest BCUT2D eigenvalue weighted by Crippen LogP contribution is -2.14. The number of sulfonamides is 1. The minimum Gasteiger partial charge on any atom is -0.321 e. The van der Waals surface area contributed by atoms with Crippen LogP contribution in [0, 0.1) is 2.88 Å². The number of nitrogens with two attached hydrogens (primary N) is 1. The van der Waals surface area contributed by atoms with Gasteiger partial charge in [0.15, 0.2) is 0 Å². The van der Waals surface area contributed by atoms with Crippen LogP contribution in [0.2, 0.25) is 5.02 Å². The van der Waals surface area contributed by atoms with E-state index in [0.29, 0.717) is 5.56 Å². The third kappa shape index (κ3) is 3.70. The Labute approximate surface area is 138 Å². The second-order valence-electron chi connectivity index (χ2n) is 3.78. The molecule has 0 fully saturated rings. The molecule has 1 amide bonds. The van der Waals surface area contributed by atoms with Crippen molar-refractivity contribution in [1.29, 1.82) is 0 Å². The van der Waals surface area contributed by atoms with Crippen molar-refractivity contribution in [3.05, 3.63) is 43.1 Å².